The van der Waals surface area contributed by atoms with Crippen LogP contribution in [0, 0.1) is 0 Å². The molecule has 0 aliphatic rings. The number of aliphatic carboxylic acids is 2. The van der Waals surface area contributed by atoms with Crippen molar-refractivity contribution in [2.75, 3.05) is 0 Å². The summed E-state index contributed by atoms with van der Waals surface area (Å²) >= 11 is 0. The van der Waals surface area contributed by atoms with Gasteiger partial charge in [0.2, 0.25) is 0 Å². The first-order chi connectivity index (χ1) is 7.33. The first-order valence-corrected chi connectivity index (χ1v) is 6.36. The molecule has 0 atom stereocenters. The number of carbonyl (C=O) groups is 2. The van der Waals surface area contributed by atoms with Gasteiger partial charge in [0, 0.05) is 12.2 Å². The van der Waals surface area contributed by atoms with Crippen molar-refractivity contribution in [3.05, 3.63) is 12.2 Å². The molecule has 13 heteroatoms. The van der Waals surface area contributed by atoms with Gasteiger partial charge in [0.25, 0.3) is 0 Å². The molecular formula is C4H8O11P2. The molecule has 0 radical (unpaired) electrons. The molecule has 0 rings (SSSR count). The Labute approximate surface area is 93.5 Å². The van der Waals surface area contributed by atoms with Crippen molar-refractivity contribution in [1.82, 2.24) is 0 Å². The highest BCUT2D eigenvalue weighted by atomic mass is 31.3. The van der Waals surface area contributed by atoms with E-state index in [1.165, 1.54) is 0 Å². The summed E-state index contributed by atoms with van der Waals surface area (Å²) in [5, 5.41) is 15.6. The zero-order valence-corrected chi connectivity index (χ0v) is 9.56. The molecule has 0 aliphatic carbocycles. The largest absolute Gasteiger partial charge is 0.478 e. The van der Waals surface area contributed by atoms with Crippen LogP contribution in [0.4, 0.5) is 0 Å². The molecule has 0 spiro atoms. The molecule has 0 aromatic heterocycles. The predicted octanol–water partition coefficient (Wildman–Crippen LogP) is -1.10. The Morgan fingerprint density at radius 1 is 0.824 bits per heavy atom. The Morgan fingerprint density at radius 3 is 1.12 bits per heavy atom. The number of hydrogen-bond donors (Lipinski definition) is 6. The van der Waals surface area contributed by atoms with Crippen molar-refractivity contribution in [2.45, 2.75) is 0 Å². The maximum Gasteiger partial charge on any atom is 0.478 e. The first kappa shape index (κ1) is 18.3. The van der Waals surface area contributed by atoms with Crippen LogP contribution in [-0.2, 0) is 23.0 Å². The SMILES string of the molecule is O=C(O)/C=C\C(=O)O.O=P(O)(O)OP(=O)(O)O. The fraction of sp³-hybridized carbons (Fsp3) is 0. The second kappa shape index (κ2) is 7.30. The summed E-state index contributed by atoms with van der Waals surface area (Å²) < 4.78 is 22.2. The molecule has 100 valence electrons. The summed E-state index contributed by atoms with van der Waals surface area (Å²) in [6, 6.07) is 0. The number of phosphoric acid groups is 2. The van der Waals surface area contributed by atoms with Gasteiger partial charge in [-0.05, 0) is 0 Å². The summed E-state index contributed by atoms with van der Waals surface area (Å²) in [7, 11) is -10.1. The van der Waals surface area contributed by atoms with Gasteiger partial charge < -0.3 is 29.8 Å². The van der Waals surface area contributed by atoms with E-state index in [-0.39, 0.29) is 0 Å². The molecule has 0 heterocycles. The lowest BCUT2D eigenvalue weighted by Crippen LogP contribution is -1.91. The number of carboxylic acids is 2. The van der Waals surface area contributed by atoms with Crippen LogP contribution < -0.4 is 0 Å². The monoisotopic (exact) mass is 294 g/mol. The highest BCUT2D eigenvalue weighted by Crippen LogP contribution is 2.53. The molecule has 0 fully saturated rings. The second-order valence-corrected chi connectivity index (χ2v) is 4.69. The third kappa shape index (κ3) is 25.3. The molecule has 0 saturated heterocycles. The molecule has 17 heavy (non-hydrogen) atoms. The smallest absolute Gasteiger partial charge is 0.478 e. The molecule has 0 aliphatic heterocycles. The van der Waals surface area contributed by atoms with Crippen LogP contribution in [0.3, 0.4) is 0 Å². The fourth-order valence-electron chi connectivity index (χ4n) is 0.281. The van der Waals surface area contributed by atoms with Gasteiger partial charge in [0.15, 0.2) is 0 Å². The van der Waals surface area contributed by atoms with Gasteiger partial charge in [-0.15, -0.1) is 0 Å². The summed E-state index contributed by atoms with van der Waals surface area (Å²) in [4.78, 5) is 50.1. The average molecular weight is 294 g/mol. The van der Waals surface area contributed by atoms with Gasteiger partial charge in [-0.2, -0.15) is 4.31 Å². The highest BCUT2D eigenvalue weighted by molar-refractivity contribution is 7.60. The molecule has 6 N–H and O–H groups in total. The lowest BCUT2D eigenvalue weighted by atomic mass is 10.5. The maximum atomic E-state index is 9.63. The van der Waals surface area contributed by atoms with Gasteiger partial charge in [-0.3, -0.25) is 0 Å². The van der Waals surface area contributed by atoms with E-state index in [4.69, 9.17) is 29.8 Å². The molecule has 0 amide bonds. The standard InChI is InChI=1S/C4H4O4.H4O7P2/c5-3(6)1-2-4(7)8;1-8(2,3)7-9(4,5)6/h1-2H,(H,5,6)(H,7,8);(H2,1,2,3)(H2,4,5,6)/b2-1-;. The van der Waals surface area contributed by atoms with Crippen LogP contribution in [0.5, 0.6) is 0 Å². The number of carboxylic acid groups (broad SMARTS) is 2. The quantitative estimate of drug-likeness (QED) is 0.271. The molecule has 0 saturated carbocycles. The Morgan fingerprint density at radius 2 is 1.06 bits per heavy atom. The van der Waals surface area contributed by atoms with E-state index >= 15 is 0 Å². The van der Waals surface area contributed by atoms with E-state index in [9.17, 15) is 18.7 Å². The van der Waals surface area contributed by atoms with Gasteiger partial charge in [-0.25, -0.2) is 18.7 Å². The summed E-state index contributed by atoms with van der Waals surface area (Å²) in [5.41, 5.74) is 0. The predicted molar refractivity (Wildman–Crippen MR) is 49.6 cm³/mol. The lowest BCUT2D eigenvalue weighted by molar-refractivity contribution is -0.134. The van der Waals surface area contributed by atoms with Crippen molar-refractivity contribution in [1.29, 1.82) is 0 Å². The van der Waals surface area contributed by atoms with Crippen molar-refractivity contribution >= 4 is 27.6 Å². The Kier molecular flexibility index (Phi) is 7.86. The van der Waals surface area contributed by atoms with Crippen LogP contribution in [0.1, 0.15) is 0 Å². The van der Waals surface area contributed by atoms with Crippen molar-refractivity contribution in [3.8, 4) is 0 Å². The normalized spacial score (nSPS) is 11.8. The van der Waals surface area contributed by atoms with Crippen LogP contribution in [0.15, 0.2) is 12.2 Å². The second-order valence-electron chi connectivity index (χ2n) is 2.07. The Bertz CT molecular complexity index is 348. The molecule has 0 aromatic carbocycles. The summed E-state index contributed by atoms with van der Waals surface area (Å²) in [6.45, 7) is 0. The number of rotatable bonds is 4. The van der Waals surface area contributed by atoms with Crippen LogP contribution in [-0.4, -0.2) is 41.7 Å². The topological polar surface area (TPSA) is 199 Å². The van der Waals surface area contributed by atoms with E-state index < -0.39 is 27.6 Å². The average Bonchev–Trinajstić information content (AvgIpc) is 1.94. The minimum absolute atomic E-state index is 0.558. The summed E-state index contributed by atoms with van der Waals surface area (Å²) in [6.07, 6.45) is 1.12. The van der Waals surface area contributed by atoms with E-state index in [0.717, 1.165) is 0 Å². The van der Waals surface area contributed by atoms with E-state index in [2.05, 4.69) is 4.31 Å². The van der Waals surface area contributed by atoms with Crippen molar-refractivity contribution in [2.24, 2.45) is 0 Å². The van der Waals surface area contributed by atoms with Crippen molar-refractivity contribution in [3.63, 3.8) is 0 Å². The summed E-state index contributed by atoms with van der Waals surface area (Å²) in [5.74, 6) is -2.51. The van der Waals surface area contributed by atoms with Gasteiger partial charge in [-0.1, -0.05) is 0 Å². The lowest BCUT2D eigenvalue weighted by Gasteiger charge is -2.03. The van der Waals surface area contributed by atoms with Gasteiger partial charge in [0.05, 0.1) is 0 Å². The molecule has 0 aromatic rings. The van der Waals surface area contributed by atoms with E-state index in [1.54, 1.807) is 0 Å². The maximum absolute atomic E-state index is 9.63. The molecule has 11 nitrogen and oxygen atoms in total. The van der Waals surface area contributed by atoms with Crippen molar-refractivity contribution < 1.29 is 52.8 Å². The van der Waals surface area contributed by atoms with Crippen LogP contribution in [0.2, 0.25) is 0 Å². The third-order valence-electron chi connectivity index (χ3n) is 0.581. The Balaban J connectivity index is 0. The van der Waals surface area contributed by atoms with E-state index in [1.807, 2.05) is 0 Å². The Hall–Kier alpha value is -1.06. The molecular weight excluding hydrogens is 286 g/mol. The number of hydrogen-bond acceptors (Lipinski definition) is 5. The van der Waals surface area contributed by atoms with Gasteiger partial charge in [0.1, 0.15) is 0 Å². The molecule has 0 unspecified atom stereocenters. The highest BCUT2D eigenvalue weighted by Gasteiger charge is 2.27. The van der Waals surface area contributed by atoms with Gasteiger partial charge >= 0.3 is 27.6 Å². The van der Waals surface area contributed by atoms with Crippen LogP contribution >= 0.6 is 15.6 Å². The minimum Gasteiger partial charge on any atom is -0.478 e. The fourth-order valence-corrected chi connectivity index (χ4v) is 1.39. The minimum atomic E-state index is -5.05. The van der Waals surface area contributed by atoms with Crippen LogP contribution in [0.25, 0.3) is 0 Å². The molecule has 0 bridgehead atoms. The van der Waals surface area contributed by atoms with E-state index in [0.29, 0.717) is 12.2 Å². The zero-order valence-electron chi connectivity index (χ0n) is 7.77. The zero-order chi connectivity index (χ0) is 14.3. The first-order valence-electron chi connectivity index (χ1n) is 3.30. The third-order valence-corrected chi connectivity index (χ3v) is 2.28.